The lowest BCUT2D eigenvalue weighted by Crippen LogP contribution is -2.46. The van der Waals surface area contributed by atoms with Crippen molar-refractivity contribution in [1.82, 2.24) is 21.2 Å². The summed E-state index contributed by atoms with van der Waals surface area (Å²) < 4.78 is 23.8. The number of pyridine rings is 1. The van der Waals surface area contributed by atoms with Gasteiger partial charge in [0.2, 0.25) is 6.79 Å². The molecule has 36 heavy (non-hydrogen) atoms. The van der Waals surface area contributed by atoms with Crippen LogP contribution in [-0.2, 0) is 4.79 Å². The molecule has 0 radical (unpaired) electrons. The number of hydrogen-bond acceptors (Lipinski definition) is 6. The van der Waals surface area contributed by atoms with E-state index in [0.717, 1.165) is 0 Å². The zero-order valence-electron chi connectivity index (χ0n) is 18.7. The smallest absolute Gasteiger partial charge is 0.270 e. The number of nitrogens with zero attached hydrogens (tertiary/aromatic N) is 1. The summed E-state index contributed by atoms with van der Waals surface area (Å²) in [7, 11) is 0. The number of fused-ring (bicyclic) bond motifs is 2. The summed E-state index contributed by atoms with van der Waals surface area (Å²) >= 11 is 0. The van der Waals surface area contributed by atoms with Gasteiger partial charge in [-0.15, -0.1) is 0 Å². The van der Waals surface area contributed by atoms with Gasteiger partial charge in [-0.05, 0) is 54.6 Å². The fourth-order valence-electron chi connectivity index (χ4n) is 3.67. The van der Waals surface area contributed by atoms with E-state index < -0.39 is 17.7 Å². The SMILES string of the molecule is O=C(CNC(=O)c1ccc2c(c1)OCO2)NNC(=O)c1cc(-c2ccc(F)cc2)nc2ccccc12. The van der Waals surface area contributed by atoms with E-state index in [4.69, 9.17) is 9.47 Å². The van der Waals surface area contributed by atoms with E-state index in [1.165, 1.54) is 18.2 Å². The lowest BCUT2D eigenvalue weighted by atomic mass is 10.0. The van der Waals surface area contributed by atoms with Crippen molar-refractivity contribution in [2.24, 2.45) is 0 Å². The molecule has 180 valence electrons. The molecule has 0 saturated heterocycles. The van der Waals surface area contributed by atoms with Crippen LogP contribution in [0.4, 0.5) is 4.39 Å². The molecule has 1 aliphatic heterocycles. The van der Waals surface area contributed by atoms with E-state index in [1.807, 2.05) is 0 Å². The van der Waals surface area contributed by atoms with Crippen LogP contribution in [0.3, 0.4) is 0 Å². The van der Waals surface area contributed by atoms with Crippen molar-refractivity contribution in [2.75, 3.05) is 13.3 Å². The second-order valence-corrected chi connectivity index (χ2v) is 7.83. The van der Waals surface area contributed by atoms with Crippen molar-refractivity contribution in [1.29, 1.82) is 0 Å². The fraction of sp³-hybridized carbons (Fsp3) is 0.0769. The van der Waals surface area contributed by atoms with Crippen molar-refractivity contribution >= 4 is 28.6 Å². The number of para-hydroxylation sites is 1. The number of aromatic nitrogens is 1. The number of carbonyl (C=O) groups is 3. The van der Waals surface area contributed by atoms with E-state index in [2.05, 4.69) is 21.2 Å². The summed E-state index contributed by atoms with van der Waals surface area (Å²) in [6.07, 6.45) is 0. The van der Waals surface area contributed by atoms with Crippen LogP contribution in [0.2, 0.25) is 0 Å². The largest absolute Gasteiger partial charge is 0.454 e. The zero-order chi connectivity index (χ0) is 25.1. The Hall–Kier alpha value is -4.99. The molecule has 10 heteroatoms. The Morgan fingerprint density at radius 3 is 2.47 bits per heavy atom. The van der Waals surface area contributed by atoms with Crippen molar-refractivity contribution in [3.63, 3.8) is 0 Å². The molecule has 1 aromatic heterocycles. The summed E-state index contributed by atoms with van der Waals surface area (Å²) in [5, 5.41) is 3.05. The molecule has 0 atom stereocenters. The summed E-state index contributed by atoms with van der Waals surface area (Å²) in [4.78, 5) is 42.1. The number of halogens is 1. The Morgan fingerprint density at radius 2 is 1.64 bits per heavy atom. The Balaban J connectivity index is 1.25. The molecule has 5 rings (SSSR count). The van der Waals surface area contributed by atoms with Crippen molar-refractivity contribution < 1.29 is 28.2 Å². The maximum Gasteiger partial charge on any atom is 0.270 e. The molecular formula is C26H19FN4O5. The molecule has 1 aliphatic rings. The third-order valence-electron chi connectivity index (χ3n) is 5.46. The van der Waals surface area contributed by atoms with Crippen LogP contribution in [0.15, 0.2) is 72.8 Å². The van der Waals surface area contributed by atoms with Gasteiger partial charge in [-0.1, -0.05) is 18.2 Å². The Kier molecular flexibility index (Phi) is 6.14. The monoisotopic (exact) mass is 486 g/mol. The van der Waals surface area contributed by atoms with Crippen LogP contribution in [0, 0.1) is 5.82 Å². The van der Waals surface area contributed by atoms with E-state index in [9.17, 15) is 18.8 Å². The highest BCUT2D eigenvalue weighted by molar-refractivity contribution is 6.07. The van der Waals surface area contributed by atoms with Crippen LogP contribution in [0.25, 0.3) is 22.2 Å². The molecule has 3 aromatic carbocycles. The highest BCUT2D eigenvalue weighted by atomic mass is 19.1. The van der Waals surface area contributed by atoms with Gasteiger partial charge in [0.05, 0.1) is 23.3 Å². The fourth-order valence-corrected chi connectivity index (χ4v) is 3.67. The second kappa shape index (κ2) is 9.71. The second-order valence-electron chi connectivity index (χ2n) is 7.83. The van der Waals surface area contributed by atoms with E-state index >= 15 is 0 Å². The Morgan fingerprint density at radius 1 is 0.861 bits per heavy atom. The van der Waals surface area contributed by atoms with E-state index in [-0.39, 0.29) is 24.7 Å². The molecule has 9 nitrogen and oxygen atoms in total. The van der Waals surface area contributed by atoms with Crippen LogP contribution in [-0.4, -0.2) is 36.0 Å². The molecule has 3 N–H and O–H groups in total. The van der Waals surface area contributed by atoms with Gasteiger partial charge in [-0.3, -0.25) is 25.2 Å². The summed E-state index contributed by atoms with van der Waals surface area (Å²) in [6.45, 7) is -0.286. The standard InChI is InChI=1S/C26H19FN4O5/c27-17-8-5-15(6-9-17)21-12-19(18-3-1-2-4-20(18)29-21)26(34)31-30-24(32)13-28-25(33)16-7-10-22-23(11-16)36-14-35-22/h1-12H,13-14H2,(H,28,33)(H,30,32)(H,31,34). The lowest BCUT2D eigenvalue weighted by molar-refractivity contribution is -0.120. The van der Waals surface area contributed by atoms with Gasteiger partial charge < -0.3 is 14.8 Å². The van der Waals surface area contributed by atoms with Gasteiger partial charge in [0.25, 0.3) is 17.7 Å². The van der Waals surface area contributed by atoms with Crippen LogP contribution in [0.1, 0.15) is 20.7 Å². The normalized spacial score (nSPS) is 11.7. The Labute approximate surface area is 204 Å². The first-order chi connectivity index (χ1) is 17.5. The van der Waals surface area contributed by atoms with Gasteiger partial charge in [0.15, 0.2) is 11.5 Å². The quantitative estimate of drug-likeness (QED) is 0.373. The van der Waals surface area contributed by atoms with Gasteiger partial charge in [-0.2, -0.15) is 0 Å². The van der Waals surface area contributed by atoms with Crippen molar-refractivity contribution in [3.8, 4) is 22.8 Å². The van der Waals surface area contributed by atoms with Gasteiger partial charge in [0.1, 0.15) is 5.82 Å². The van der Waals surface area contributed by atoms with Crippen molar-refractivity contribution in [2.45, 2.75) is 0 Å². The average molecular weight is 486 g/mol. The minimum absolute atomic E-state index is 0.0840. The van der Waals surface area contributed by atoms with E-state index in [1.54, 1.807) is 54.6 Å². The number of benzene rings is 3. The van der Waals surface area contributed by atoms with Crippen LogP contribution >= 0.6 is 0 Å². The first-order valence-corrected chi connectivity index (χ1v) is 10.9. The number of nitrogens with one attached hydrogen (secondary N) is 3. The average Bonchev–Trinajstić information content (AvgIpc) is 3.38. The minimum atomic E-state index is -0.630. The molecule has 0 saturated carbocycles. The highest BCUT2D eigenvalue weighted by Gasteiger charge is 2.18. The molecular weight excluding hydrogens is 467 g/mol. The topological polar surface area (TPSA) is 119 Å². The molecule has 4 aromatic rings. The minimum Gasteiger partial charge on any atom is -0.454 e. The molecule has 0 aliphatic carbocycles. The number of rotatable bonds is 5. The Bertz CT molecular complexity index is 1490. The summed E-state index contributed by atoms with van der Waals surface area (Å²) in [6, 6.07) is 19.0. The first-order valence-electron chi connectivity index (χ1n) is 10.9. The third-order valence-corrected chi connectivity index (χ3v) is 5.46. The lowest BCUT2D eigenvalue weighted by Gasteiger charge is -2.12. The molecule has 3 amide bonds. The van der Waals surface area contributed by atoms with Gasteiger partial charge in [-0.25, -0.2) is 9.37 Å². The maximum absolute atomic E-state index is 13.3. The van der Waals surface area contributed by atoms with Crippen molar-refractivity contribution in [3.05, 3.63) is 89.7 Å². The van der Waals surface area contributed by atoms with E-state index in [0.29, 0.717) is 39.2 Å². The summed E-state index contributed by atoms with van der Waals surface area (Å²) in [5.74, 6) is -1.09. The number of hydrogen-bond donors (Lipinski definition) is 3. The molecule has 0 unspecified atom stereocenters. The molecule has 0 fully saturated rings. The number of carbonyl (C=O) groups excluding carboxylic acids is 3. The highest BCUT2D eigenvalue weighted by Crippen LogP contribution is 2.32. The number of amides is 3. The van der Waals surface area contributed by atoms with Crippen LogP contribution in [0.5, 0.6) is 11.5 Å². The third kappa shape index (κ3) is 4.78. The first kappa shape index (κ1) is 22.8. The van der Waals surface area contributed by atoms with Gasteiger partial charge in [0, 0.05) is 16.5 Å². The van der Waals surface area contributed by atoms with Crippen LogP contribution < -0.4 is 25.6 Å². The summed E-state index contributed by atoms with van der Waals surface area (Å²) in [5.41, 5.74) is 6.89. The molecule has 2 heterocycles. The molecule has 0 spiro atoms. The maximum atomic E-state index is 13.3. The van der Waals surface area contributed by atoms with Gasteiger partial charge >= 0.3 is 0 Å². The predicted octanol–water partition coefficient (Wildman–Crippen LogP) is 2.96. The number of ether oxygens (including phenoxy) is 2. The zero-order valence-corrected chi connectivity index (χ0v) is 18.7. The molecule has 0 bridgehead atoms. The number of hydrazine groups is 1. The predicted molar refractivity (Wildman–Crippen MR) is 128 cm³/mol.